The fraction of sp³-hybridized carbons (Fsp3) is 0.846. The topological polar surface area (TPSA) is 69.6 Å². The number of hydrogen-bond donors (Lipinski definition) is 2. The third-order valence-corrected chi connectivity index (χ3v) is 4.95. The number of amides is 2. The second kappa shape index (κ2) is 6.50. The number of thioether (sulfide) groups is 1. The number of nitrogens with one attached hydrogen (secondary N) is 1. The number of urea groups is 1. The van der Waals surface area contributed by atoms with E-state index < -0.39 is 11.4 Å². The zero-order valence-electron chi connectivity index (χ0n) is 12.1. The maximum Gasteiger partial charge on any atom is 0.317 e. The molecule has 0 aromatic rings. The molecule has 3 atom stereocenters. The van der Waals surface area contributed by atoms with Gasteiger partial charge in [-0.15, -0.1) is 0 Å². The molecule has 6 heteroatoms. The Kier molecular flexibility index (Phi) is 5.52. The van der Waals surface area contributed by atoms with Gasteiger partial charge in [-0.2, -0.15) is 11.8 Å². The minimum Gasteiger partial charge on any atom is -0.481 e. The predicted octanol–water partition coefficient (Wildman–Crippen LogP) is 2.02. The van der Waals surface area contributed by atoms with Crippen LogP contribution in [0, 0.1) is 5.41 Å². The summed E-state index contributed by atoms with van der Waals surface area (Å²) in [6.45, 7) is 3.71. The van der Waals surface area contributed by atoms with Crippen LogP contribution in [0.25, 0.3) is 0 Å². The van der Waals surface area contributed by atoms with Gasteiger partial charge in [-0.1, -0.05) is 6.42 Å². The largest absolute Gasteiger partial charge is 0.481 e. The van der Waals surface area contributed by atoms with Crippen LogP contribution in [0.4, 0.5) is 4.79 Å². The Hall–Kier alpha value is -0.910. The summed E-state index contributed by atoms with van der Waals surface area (Å²) >= 11 is 1.69. The van der Waals surface area contributed by atoms with Crippen molar-refractivity contribution in [3.8, 4) is 0 Å². The molecule has 110 valence electrons. The second-order valence-electron chi connectivity index (χ2n) is 5.53. The molecule has 2 N–H and O–H groups in total. The molecule has 3 unspecified atom stereocenters. The van der Waals surface area contributed by atoms with E-state index in [1.54, 1.807) is 30.6 Å². The molecule has 0 aromatic heterocycles. The molecule has 0 aliphatic heterocycles. The molecule has 0 saturated heterocycles. The van der Waals surface area contributed by atoms with E-state index in [1.807, 2.05) is 13.2 Å². The van der Waals surface area contributed by atoms with Crippen molar-refractivity contribution in [2.75, 3.05) is 19.1 Å². The van der Waals surface area contributed by atoms with Crippen molar-refractivity contribution in [2.24, 2.45) is 5.41 Å². The van der Waals surface area contributed by atoms with Gasteiger partial charge in [0.05, 0.1) is 5.41 Å². The van der Waals surface area contributed by atoms with E-state index in [1.165, 1.54) is 0 Å². The highest BCUT2D eigenvalue weighted by Crippen LogP contribution is 2.38. The fourth-order valence-electron chi connectivity index (χ4n) is 2.46. The highest BCUT2D eigenvalue weighted by molar-refractivity contribution is 7.98. The van der Waals surface area contributed by atoms with Crippen molar-refractivity contribution in [3.05, 3.63) is 0 Å². The number of carbonyl (C=O) groups is 2. The van der Waals surface area contributed by atoms with Gasteiger partial charge in [0.1, 0.15) is 0 Å². The number of carboxylic acids is 1. The van der Waals surface area contributed by atoms with E-state index in [4.69, 9.17) is 0 Å². The molecule has 1 fully saturated rings. The molecule has 0 aromatic carbocycles. The Balaban J connectivity index is 2.64. The lowest BCUT2D eigenvalue weighted by atomic mass is 9.85. The lowest BCUT2D eigenvalue weighted by Gasteiger charge is -2.31. The van der Waals surface area contributed by atoms with Crippen molar-refractivity contribution in [1.82, 2.24) is 10.2 Å². The molecule has 1 saturated carbocycles. The van der Waals surface area contributed by atoms with Crippen LogP contribution >= 0.6 is 11.8 Å². The summed E-state index contributed by atoms with van der Waals surface area (Å²) in [5.41, 5.74) is -0.834. The third-order valence-electron chi connectivity index (χ3n) is 4.13. The molecule has 0 radical (unpaired) electrons. The first-order valence-electron chi connectivity index (χ1n) is 6.58. The fourth-order valence-corrected chi connectivity index (χ4v) is 3.16. The van der Waals surface area contributed by atoms with Gasteiger partial charge < -0.3 is 15.3 Å². The number of nitrogens with zero attached hydrogens (tertiary/aromatic N) is 1. The minimum atomic E-state index is -0.834. The molecule has 19 heavy (non-hydrogen) atoms. The summed E-state index contributed by atoms with van der Waals surface area (Å²) in [4.78, 5) is 25.1. The van der Waals surface area contributed by atoms with Crippen LogP contribution < -0.4 is 5.32 Å². The van der Waals surface area contributed by atoms with Crippen molar-refractivity contribution in [1.29, 1.82) is 0 Å². The molecule has 1 aliphatic carbocycles. The monoisotopic (exact) mass is 288 g/mol. The zero-order valence-corrected chi connectivity index (χ0v) is 12.9. The van der Waals surface area contributed by atoms with E-state index in [0.717, 1.165) is 18.6 Å². The lowest BCUT2D eigenvalue weighted by molar-refractivity contribution is -0.148. The van der Waals surface area contributed by atoms with Crippen molar-refractivity contribution >= 4 is 23.8 Å². The number of rotatable bonds is 5. The molecular weight excluding hydrogens is 264 g/mol. The maximum absolute atomic E-state index is 12.1. The molecule has 2 amide bonds. The van der Waals surface area contributed by atoms with Crippen LogP contribution in [-0.2, 0) is 4.79 Å². The minimum absolute atomic E-state index is 0.132. The highest BCUT2D eigenvalue weighted by atomic mass is 32.2. The van der Waals surface area contributed by atoms with Crippen LogP contribution in [0.15, 0.2) is 0 Å². The first-order valence-corrected chi connectivity index (χ1v) is 7.98. The summed E-state index contributed by atoms with van der Waals surface area (Å²) in [7, 11) is 1.75. The normalized spacial score (nSPS) is 27.9. The molecule has 0 bridgehead atoms. The summed E-state index contributed by atoms with van der Waals surface area (Å²) in [6.07, 6.45) is 4.20. The van der Waals surface area contributed by atoms with Gasteiger partial charge in [-0.3, -0.25) is 4.79 Å². The van der Waals surface area contributed by atoms with Crippen LogP contribution in [0.5, 0.6) is 0 Å². The van der Waals surface area contributed by atoms with E-state index in [0.29, 0.717) is 6.42 Å². The van der Waals surface area contributed by atoms with Crippen LogP contribution in [0.3, 0.4) is 0 Å². The summed E-state index contributed by atoms with van der Waals surface area (Å²) < 4.78 is 0. The van der Waals surface area contributed by atoms with Crippen LogP contribution in [0.2, 0.25) is 0 Å². The average molecular weight is 288 g/mol. The van der Waals surface area contributed by atoms with Gasteiger partial charge in [0.25, 0.3) is 0 Å². The Morgan fingerprint density at radius 1 is 1.58 bits per heavy atom. The lowest BCUT2D eigenvalue weighted by Crippen LogP contribution is -2.52. The molecule has 0 spiro atoms. The van der Waals surface area contributed by atoms with Crippen molar-refractivity contribution in [2.45, 2.75) is 45.2 Å². The van der Waals surface area contributed by atoms with Gasteiger partial charge in [0.15, 0.2) is 0 Å². The summed E-state index contributed by atoms with van der Waals surface area (Å²) in [5, 5.41) is 12.2. The van der Waals surface area contributed by atoms with E-state index >= 15 is 0 Å². The molecule has 5 nitrogen and oxygen atoms in total. The number of carboxylic acid groups (broad SMARTS) is 1. The van der Waals surface area contributed by atoms with Crippen LogP contribution in [0.1, 0.15) is 33.1 Å². The predicted molar refractivity (Wildman–Crippen MR) is 77.5 cm³/mol. The number of hydrogen-bond acceptors (Lipinski definition) is 3. The number of aliphatic carboxylic acids is 1. The maximum atomic E-state index is 12.1. The quantitative estimate of drug-likeness (QED) is 0.812. The zero-order chi connectivity index (χ0) is 14.6. The molecule has 1 aliphatic rings. The van der Waals surface area contributed by atoms with E-state index in [2.05, 4.69) is 5.32 Å². The van der Waals surface area contributed by atoms with E-state index in [-0.39, 0.29) is 18.1 Å². The van der Waals surface area contributed by atoms with Crippen molar-refractivity contribution in [3.63, 3.8) is 0 Å². The first-order chi connectivity index (χ1) is 8.82. The standard InChI is InChI=1S/C13H24N2O3S/c1-9(8-19-4)15(3)12(18)14-10-6-5-7-13(10,2)11(16)17/h9-10H,5-8H2,1-4H3,(H,14,18)(H,16,17). The van der Waals surface area contributed by atoms with Gasteiger partial charge in [-0.25, -0.2) is 4.79 Å². The highest BCUT2D eigenvalue weighted by Gasteiger charge is 2.46. The third kappa shape index (κ3) is 3.55. The SMILES string of the molecule is CSCC(C)N(C)C(=O)NC1CCCC1(C)C(=O)O. The van der Waals surface area contributed by atoms with Gasteiger partial charge in [-0.05, 0) is 32.9 Å². The van der Waals surface area contributed by atoms with Gasteiger partial charge >= 0.3 is 12.0 Å². The van der Waals surface area contributed by atoms with Crippen LogP contribution in [-0.4, -0.2) is 53.1 Å². The average Bonchev–Trinajstić information content (AvgIpc) is 2.71. The Morgan fingerprint density at radius 2 is 2.21 bits per heavy atom. The Labute approximate surface area is 119 Å². The summed E-state index contributed by atoms with van der Waals surface area (Å²) in [6, 6.07) is -0.324. The summed E-state index contributed by atoms with van der Waals surface area (Å²) in [5.74, 6) is 0.0419. The van der Waals surface area contributed by atoms with Gasteiger partial charge in [0, 0.05) is 24.9 Å². The molecular formula is C13H24N2O3S. The first kappa shape index (κ1) is 16.1. The smallest absolute Gasteiger partial charge is 0.317 e. The molecule has 1 rings (SSSR count). The van der Waals surface area contributed by atoms with Gasteiger partial charge in [0.2, 0.25) is 0 Å². The number of carbonyl (C=O) groups excluding carboxylic acids is 1. The molecule has 0 heterocycles. The second-order valence-corrected chi connectivity index (χ2v) is 6.44. The van der Waals surface area contributed by atoms with E-state index in [9.17, 15) is 14.7 Å². The Morgan fingerprint density at radius 3 is 2.74 bits per heavy atom. The Bertz CT molecular complexity index is 351. The van der Waals surface area contributed by atoms with Crippen molar-refractivity contribution < 1.29 is 14.7 Å².